The molecular weight excluding hydrogens is 370 g/mol. The van der Waals surface area contributed by atoms with Crippen LogP contribution in [0.3, 0.4) is 0 Å². The molecule has 1 aliphatic heterocycles. The van der Waals surface area contributed by atoms with Gasteiger partial charge in [0, 0.05) is 23.3 Å². The quantitative estimate of drug-likeness (QED) is 0.458. The molecule has 10 nitrogen and oxygen atoms in total. The van der Waals surface area contributed by atoms with Crippen LogP contribution in [0.5, 0.6) is 23.0 Å². The number of nitrogens with one attached hydrogen (secondary N) is 1. The van der Waals surface area contributed by atoms with E-state index in [0.29, 0.717) is 41.6 Å². The highest BCUT2D eigenvalue weighted by Gasteiger charge is 2.19. The number of ether oxygens (including phenoxy) is 4. The monoisotopic (exact) mass is 387 g/mol. The molecule has 0 bridgehead atoms. The maximum Gasteiger partial charge on any atom is 0.311 e. The van der Waals surface area contributed by atoms with Crippen LogP contribution >= 0.6 is 0 Å². The van der Waals surface area contributed by atoms with Gasteiger partial charge in [0.25, 0.3) is 5.91 Å². The zero-order valence-electron chi connectivity index (χ0n) is 15.1. The van der Waals surface area contributed by atoms with Gasteiger partial charge in [-0.15, -0.1) is 0 Å². The molecule has 2 aromatic carbocycles. The summed E-state index contributed by atoms with van der Waals surface area (Å²) in [6.45, 7) is 0.866. The number of hydrogen-bond acceptors (Lipinski definition) is 8. The highest BCUT2D eigenvalue weighted by molar-refractivity contribution is 5.96. The van der Waals surface area contributed by atoms with Crippen LogP contribution in [0.4, 0.5) is 5.69 Å². The number of hydrazone groups is 1. The minimum Gasteiger partial charge on any atom is -0.496 e. The van der Waals surface area contributed by atoms with Crippen LogP contribution in [0.25, 0.3) is 0 Å². The molecule has 10 heteroatoms. The molecule has 0 aliphatic carbocycles. The number of benzene rings is 2. The molecule has 0 aromatic heterocycles. The molecule has 1 amide bonds. The summed E-state index contributed by atoms with van der Waals surface area (Å²) in [6, 6.07) is 7.40. The Bertz CT molecular complexity index is 943. The molecule has 0 unspecified atom stereocenters. The molecule has 0 saturated carbocycles. The van der Waals surface area contributed by atoms with Gasteiger partial charge in [0.1, 0.15) is 19.0 Å². The molecule has 0 fully saturated rings. The first-order chi connectivity index (χ1) is 13.5. The minimum atomic E-state index is -0.580. The Labute approximate surface area is 159 Å². The van der Waals surface area contributed by atoms with Crippen molar-refractivity contribution in [3.63, 3.8) is 0 Å². The van der Waals surface area contributed by atoms with Crippen molar-refractivity contribution in [2.45, 2.75) is 0 Å². The molecule has 1 heterocycles. The van der Waals surface area contributed by atoms with Crippen molar-refractivity contribution in [1.82, 2.24) is 5.43 Å². The lowest BCUT2D eigenvalue weighted by atomic mass is 10.1. The first-order valence-corrected chi connectivity index (χ1v) is 8.17. The van der Waals surface area contributed by atoms with Crippen molar-refractivity contribution < 1.29 is 28.7 Å². The van der Waals surface area contributed by atoms with Crippen molar-refractivity contribution in [2.75, 3.05) is 27.4 Å². The van der Waals surface area contributed by atoms with Crippen molar-refractivity contribution in [3.05, 3.63) is 51.6 Å². The lowest BCUT2D eigenvalue weighted by Gasteiger charge is -2.18. The third kappa shape index (κ3) is 3.95. The van der Waals surface area contributed by atoms with E-state index >= 15 is 0 Å². The molecule has 1 N–H and O–H groups in total. The van der Waals surface area contributed by atoms with Crippen molar-refractivity contribution in [1.29, 1.82) is 0 Å². The second-order valence-corrected chi connectivity index (χ2v) is 5.58. The Morgan fingerprint density at radius 3 is 2.54 bits per heavy atom. The third-order valence-corrected chi connectivity index (χ3v) is 3.90. The van der Waals surface area contributed by atoms with E-state index in [1.54, 1.807) is 18.2 Å². The van der Waals surface area contributed by atoms with Gasteiger partial charge >= 0.3 is 5.69 Å². The zero-order chi connectivity index (χ0) is 20.1. The van der Waals surface area contributed by atoms with E-state index in [1.807, 2.05) is 0 Å². The molecule has 0 radical (unpaired) electrons. The fourth-order valence-electron chi connectivity index (χ4n) is 2.56. The van der Waals surface area contributed by atoms with E-state index in [4.69, 9.17) is 18.9 Å². The number of carbonyl (C=O) groups is 1. The number of amides is 1. The third-order valence-electron chi connectivity index (χ3n) is 3.90. The highest BCUT2D eigenvalue weighted by Crippen LogP contribution is 2.33. The normalized spacial score (nSPS) is 12.5. The second-order valence-electron chi connectivity index (χ2n) is 5.58. The van der Waals surface area contributed by atoms with Crippen LogP contribution in [0.2, 0.25) is 0 Å². The van der Waals surface area contributed by atoms with E-state index in [0.717, 1.165) is 0 Å². The highest BCUT2D eigenvalue weighted by atomic mass is 16.6. The van der Waals surface area contributed by atoms with Gasteiger partial charge in [-0.05, 0) is 18.2 Å². The standard InChI is InChI=1S/C18H17N3O7/c1-25-15-9-16(26-2)13(21(23)24)7-12(15)10-19-20-18(22)11-3-4-14-17(8-11)28-6-5-27-14/h3-4,7-10H,5-6H2,1-2H3,(H,20,22). The Balaban J connectivity index is 1.77. The maximum atomic E-state index is 12.3. The summed E-state index contributed by atoms with van der Waals surface area (Å²) in [5.74, 6) is 0.936. The fraction of sp³-hybridized carbons (Fsp3) is 0.222. The number of rotatable bonds is 6. The van der Waals surface area contributed by atoms with Crippen LogP contribution in [-0.2, 0) is 0 Å². The average Bonchev–Trinajstić information content (AvgIpc) is 2.72. The predicted octanol–water partition coefficient (Wildman–Crippen LogP) is 2.15. The lowest BCUT2D eigenvalue weighted by Crippen LogP contribution is -2.19. The van der Waals surface area contributed by atoms with Gasteiger partial charge in [0.15, 0.2) is 11.5 Å². The van der Waals surface area contributed by atoms with E-state index in [9.17, 15) is 14.9 Å². The molecule has 0 atom stereocenters. The molecule has 146 valence electrons. The number of nitro benzene ring substituents is 1. The molecule has 1 aliphatic rings. The Morgan fingerprint density at radius 2 is 1.86 bits per heavy atom. The van der Waals surface area contributed by atoms with Crippen LogP contribution < -0.4 is 24.4 Å². The summed E-state index contributed by atoms with van der Waals surface area (Å²) in [4.78, 5) is 22.9. The largest absolute Gasteiger partial charge is 0.496 e. The summed E-state index contributed by atoms with van der Waals surface area (Å²) in [5, 5.41) is 15.0. The van der Waals surface area contributed by atoms with Crippen molar-refractivity contribution in [2.24, 2.45) is 5.10 Å². The van der Waals surface area contributed by atoms with E-state index in [1.165, 1.54) is 32.6 Å². The Kier molecular flexibility index (Phi) is 5.58. The van der Waals surface area contributed by atoms with Gasteiger partial charge in [0.05, 0.1) is 25.4 Å². The van der Waals surface area contributed by atoms with Gasteiger partial charge < -0.3 is 18.9 Å². The molecule has 28 heavy (non-hydrogen) atoms. The first kappa shape index (κ1) is 19.0. The molecule has 0 spiro atoms. The summed E-state index contributed by atoms with van der Waals surface area (Å²) in [7, 11) is 2.73. The number of methoxy groups -OCH3 is 2. The van der Waals surface area contributed by atoms with Crippen LogP contribution in [-0.4, -0.2) is 44.5 Å². The number of fused-ring (bicyclic) bond motifs is 1. The van der Waals surface area contributed by atoms with Gasteiger partial charge in [0.2, 0.25) is 5.75 Å². The SMILES string of the molecule is COc1cc(OC)c([N+](=O)[O-])cc1C=NNC(=O)c1ccc2c(c1)OCCO2. The van der Waals surface area contributed by atoms with Gasteiger partial charge in [-0.2, -0.15) is 5.10 Å². The van der Waals surface area contributed by atoms with E-state index in [-0.39, 0.29) is 11.4 Å². The summed E-state index contributed by atoms with van der Waals surface area (Å²) in [5.41, 5.74) is 2.74. The van der Waals surface area contributed by atoms with Gasteiger partial charge in [-0.1, -0.05) is 0 Å². The first-order valence-electron chi connectivity index (χ1n) is 8.17. The van der Waals surface area contributed by atoms with Crippen molar-refractivity contribution >= 4 is 17.8 Å². The molecule has 3 rings (SSSR count). The summed E-state index contributed by atoms with van der Waals surface area (Å²) >= 11 is 0. The number of nitrogens with zero attached hydrogens (tertiary/aromatic N) is 2. The maximum absolute atomic E-state index is 12.3. The molecule has 2 aromatic rings. The van der Waals surface area contributed by atoms with Gasteiger partial charge in [-0.3, -0.25) is 14.9 Å². The minimum absolute atomic E-state index is 0.0549. The fourth-order valence-corrected chi connectivity index (χ4v) is 2.56. The van der Waals surface area contributed by atoms with E-state index < -0.39 is 10.8 Å². The van der Waals surface area contributed by atoms with E-state index in [2.05, 4.69) is 10.5 Å². The Morgan fingerprint density at radius 1 is 1.14 bits per heavy atom. The Hall–Kier alpha value is -3.82. The van der Waals surface area contributed by atoms with Crippen LogP contribution in [0.15, 0.2) is 35.4 Å². The zero-order valence-corrected chi connectivity index (χ0v) is 15.1. The summed E-state index contributed by atoms with van der Waals surface area (Å²) in [6.07, 6.45) is 1.25. The molecule has 0 saturated heterocycles. The number of hydrogen-bond donors (Lipinski definition) is 1. The lowest BCUT2D eigenvalue weighted by molar-refractivity contribution is -0.385. The van der Waals surface area contributed by atoms with Crippen molar-refractivity contribution in [3.8, 4) is 23.0 Å². The number of nitro groups is 1. The molecular formula is C18H17N3O7. The van der Waals surface area contributed by atoms with Crippen LogP contribution in [0.1, 0.15) is 15.9 Å². The average molecular weight is 387 g/mol. The number of carbonyl (C=O) groups excluding carboxylic acids is 1. The predicted molar refractivity (Wildman–Crippen MR) is 98.7 cm³/mol. The smallest absolute Gasteiger partial charge is 0.311 e. The van der Waals surface area contributed by atoms with Gasteiger partial charge in [-0.25, -0.2) is 5.43 Å². The summed E-state index contributed by atoms with van der Waals surface area (Å²) < 4.78 is 21.0. The van der Waals surface area contributed by atoms with Crippen LogP contribution in [0, 0.1) is 10.1 Å². The topological polar surface area (TPSA) is 122 Å². The second kappa shape index (κ2) is 8.25.